The second kappa shape index (κ2) is 9.18. The van der Waals surface area contributed by atoms with E-state index in [1.54, 1.807) is 0 Å². The van der Waals surface area contributed by atoms with Crippen molar-refractivity contribution in [3.8, 4) is 0 Å². The molecule has 174 valence electrons. The van der Waals surface area contributed by atoms with Crippen LogP contribution in [0.2, 0.25) is 0 Å². The second-order valence-electron chi connectivity index (χ2n) is 9.16. The third-order valence-corrected chi connectivity index (χ3v) is 7.16. The van der Waals surface area contributed by atoms with Crippen molar-refractivity contribution < 1.29 is 8.78 Å². The van der Waals surface area contributed by atoms with Gasteiger partial charge in [0.15, 0.2) is 0 Å². The first kappa shape index (κ1) is 22.0. The molecule has 1 saturated heterocycles. The topological polar surface area (TPSA) is 34.3 Å². The zero-order valence-corrected chi connectivity index (χ0v) is 19.3. The summed E-state index contributed by atoms with van der Waals surface area (Å²) in [6.45, 7) is 10.7. The van der Waals surface area contributed by atoms with Crippen molar-refractivity contribution in [2.24, 2.45) is 0 Å². The summed E-state index contributed by atoms with van der Waals surface area (Å²) in [6.07, 6.45) is 4.00. The third-order valence-electron chi connectivity index (χ3n) is 7.16. The first-order valence-corrected chi connectivity index (χ1v) is 12.1. The number of aromatic amines is 1. The van der Waals surface area contributed by atoms with Crippen molar-refractivity contribution in [1.82, 2.24) is 14.8 Å². The molecule has 1 fully saturated rings. The molecule has 0 bridgehead atoms. The fraction of sp³-hybridized carbons (Fsp3) is 0.407. The van der Waals surface area contributed by atoms with Crippen molar-refractivity contribution in [2.45, 2.75) is 38.6 Å². The Morgan fingerprint density at radius 3 is 2.58 bits per heavy atom. The lowest BCUT2D eigenvalue weighted by molar-refractivity contribution is 0.254. The average Bonchev–Trinajstić information content (AvgIpc) is 3.46. The van der Waals surface area contributed by atoms with E-state index in [0.29, 0.717) is 18.8 Å². The number of aromatic nitrogens is 1. The molecule has 2 aliphatic rings. The van der Waals surface area contributed by atoms with Gasteiger partial charge in [-0.2, -0.15) is 0 Å². The fourth-order valence-electron chi connectivity index (χ4n) is 5.40. The molecule has 1 atom stereocenters. The Balaban J connectivity index is 1.49. The standard InChI is InChI=1S/C27H32F2N4/c1-3-18(2)33-14-10-21-20-8-4-5-9-24(20)31-26(21)27(33)25-22(28)16-19(17-23(25)29)30-11-15-32-12-6-7-13-32/h4-5,8-9,16-17,27,30-31H,2-3,6-7,10-15H2,1H3/t27-/m1/s1. The van der Waals surface area contributed by atoms with Gasteiger partial charge in [-0.25, -0.2) is 8.78 Å². The van der Waals surface area contributed by atoms with Crippen LogP contribution in [0.5, 0.6) is 0 Å². The fourth-order valence-corrected chi connectivity index (χ4v) is 5.40. The number of allylic oxidation sites excluding steroid dienone is 1. The van der Waals surface area contributed by atoms with Gasteiger partial charge in [0, 0.05) is 47.6 Å². The maximum atomic E-state index is 15.6. The summed E-state index contributed by atoms with van der Waals surface area (Å²) in [6, 6.07) is 10.4. The van der Waals surface area contributed by atoms with Crippen LogP contribution in [-0.4, -0.2) is 47.5 Å². The summed E-state index contributed by atoms with van der Waals surface area (Å²) in [5.74, 6) is -1.05. The molecule has 2 aliphatic heterocycles. The number of halogens is 2. The lowest BCUT2D eigenvalue weighted by Gasteiger charge is -2.39. The number of H-pyrrole nitrogens is 1. The first-order valence-electron chi connectivity index (χ1n) is 12.1. The molecule has 33 heavy (non-hydrogen) atoms. The molecule has 0 saturated carbocycles. The average molecular weight is 451 g/mol. The number of anilines is 1. The van der Waals surface area contributed by atoms with E-state index in [9.17, 15) is 0 Å². The van der Waals surface area contributed by atoms with E-state index in [2.05, 4.69) is 32.7 Å². The highest BCUT2D eigenvalue weighted by atomic mass is 19.1. The minimum atomic E-state index is -0.563. The highest BCUT2D eigenvalue weighted by molar-refractivity contribution is 5.85. The molecule has 0 aliphatic carbocycles. The molecule has 2 N–H and O–H groups in total. The predicted molar refractivity (Wildman–Crippen MR) is 131 cm³/mol. The number of fused-ring (bicyclic) bond motifs is 3. The van der Waals surface area contributed by atoms with Gasteiger partial charge < -0.3 is 20.1 Å². The van der Waals surface area contributed by atoms with Gasteiger partial charge in [0.2, 0.25) is 0 Å². The Hall–Kier alpha value is -2.86. The number of benzene rings is 2. The molecule has 0 amide bonds. The van der Waals surface area contributed by atoms with E-state index in [1.807, 2.05) is 25.1 Å². The molecule has 3 heterocycles. The largest absolute Gasteiger partial charge is 0.384 e. The Morgan fingerprint density at radius 2 is 1.85 bits per heavy atom. The number of likely N-dealkylation sites (tertiary alicyclic amines) is 1. The van der Waals surface area contributed by atoms with Crippen molar-refractivity contribution >= 4 is 16.6 Å². The number of para-hydroxylation sites is 1. The van der Waals surface area contributed by atoms with Crippen LogP contribution in [0.4, 0.5) is 14.5 Å². The Labute approximate surface area is 194 Å². The Bertz CT molecular complexity index is 1140. The number of hydrogen-bond acceptors (Lipinski definition) is 3. The Morgan fingerprint density at radius 1 is 1.12 bits per heavy atom. The molecule has 1 aromatic heterocycles. The van der Waals surface area contributed by atoms with E-state index in [4.69, 9.17) is 0 Å². The molecule has 3 aromatic rings. The van der Waals surface area contributed by atoms with E-state index >= 15 is 8.78 Å². The molecule has 4 nitrogen and oxygen atoms in total. The molecular formula is C27H32F2N4. The highest BCUT2D eigenvalue weighted by Crippen LogP contribution is 2.42. The van der Waals surface area contributed by atoms with Crippen molar-refractivity contribution in [2.75, 3.05) is 38.0 Å². The van der Waals surface area contributed by atoms with Crippen molar-refractivity contribution in [3.63, 3.8) is 0 Å². The van der Waals surface area contributed by atoms with Gasteiger partial charge in [0.1, 0.15) is 17.7 Å². The zero-order chi connectivity index (χ0) is 22.9. The van der Waals surface area contributed by atoms with Crippen LogP contribution >= 0.6 is 0 Å². The molecule has 2 aromatic carbocycles. The highest BCUT2D eigenvalue weighted by Gasteiger charge is 2.35. The third kappa shape index (κ3) is 4.12. The van der Waals surface area contributed by atoms with Crippen molar-refractivity contribution in [3.05, 3.63) is 77.1 Å². The SMILES string of the molecule is C=C(CC)N1CCc2c([nH]c3ccccc23)[C@H]1c1c(F)cc(NCCN2CCCC2)cc1F. The van der Waals surface area contributed by atoms with Gasteiger partial charge >= 0.3 is 0 Å². The molecule has 5 rings (SSSR count). The van der Waals surface area contributed by atoms with E-state index in [0.717, 1.165) is 60.3 Å². The van der Waals surface area contributed by atoms with Gasteiger partial charge in [-0.15, -0.1) is 0 Å². The summed E-state index contributed by atoms with van der Waals surface area (Å²) in [5.41, 5.74) is 4.46. The number of hydrogen-bond donors (Lipinski definition) is 2. The molecule has 0 radical (unpaired) electrons. The first-order chi connectivity index (χ1) is 16.1. The lowest BCUT2D eigenvalue weighted by Crippen LogP contribution is -2.36. The van der Waals surface area contributed by atoms with Crippen LogP contribution in [0.15, 0.2) is 48.7 Å². The van der Waals surface area contributed by atoms with Gasteiger partial charge in [0.25, 0.3) is 0 Å². The lowest BCUT2D eigenvalue weighted by atomic mass is 9.91. The second-order valence-corrected chi connectivity index (χ2v) is 9.16. The minimum absolute atomic E-state index is 0.0854. The molecular weight excluding hydrogens is 418 g/mol. The molecule has 6 heteroatoms. The minimum Gasteiger partial charge on any atom is -0.384 e. The summed E-state index contributed by atoms with van der Waals surface area (Å²) in [4.78, 5) is 7.90. The molecule has 0 spiro atoms. The zero-order valence-electron chi connectivity index (χ0n) is 19.3. The Kier molecular flexibility index (Phi) is 6.11. The van der Waals surface area contributed by atoms with Crippen LogP contribution in [-0.2, 0) is 6.42 Å². The van der Waals surface area contributed by atoms with Crippen LogP contribution in [0, 0.1) is 11.6 Å². The van der Waals surface area contributed by atoms with Gasteiger partial charge in [-0.3, -0.25) is 0 Å². The van der Waals surface area contributed by atoms with E-state index < -0.39 is 17.7 Å². The van der Waals surface area contributed by atoms with Crippen LogP contribution < -0.4 is 5.32 Å². The predicted octanol–water partition coefficient (Wildman–Crippen LogP) is 5.83. The van der Waals surface area contributed by atoms with Crippen LogP contribution in [0.3, 0.4) is 0 Å². The molecule has 0 unspecified atom stereocenters. The quantitative estimate of drug-likeness (QED) is 0.476. The smallest absolute Gasteiger partial charge is 0.133 e. The maximum Gasteiger partial charge on any atom is 0.133 e. The summed E-state index contributed by atoms with van der Waals surface area (Å²) < 4.78 is 31.1. The van der Waals surface area contributed by atoms with Crippen LogP contribution in [0.1, 0.15) is 49.0 Å². The van der Waals surface area contributed by atoms with Crippen LogP contribution in [0.25, 0.3) is 10.9 Å². The number of nitrogens with one attached hydrogen (secondary N) is 2. The maximum absolute atomic E-state index is 15.6. The summed E-state index contributed by atoms with van der Waals surface area (Å²) in [5, 5.41) is 4.33. The van der Waals surface area contributed by atoms with E-state index in [-0.39, 0.29) is 5.56 Å². The van der Waals surface area contributed by atoms with Crippen molar-refractivity contribution in [1.29, 1.82) is 0 Å². The van der Waals surface area contributed by atoms with Gasteiger partial charge in [-0.1, -0.05) is 31.7 Å². The summed E-state index contributed by atoms with van der Waals surface area (Å²) >= 11 is 0. The van der Waals surface area contributed by atoms with E-state index in [1.165, 1.54) is 25.0 Å². The summed E-state index contributed by atoms with van der Waals surface area (Å²) in [7, 11) is 0. The number of rotatable bonds is 7. The van der Waals surface area contributed by atoms with Gasteiger partial charge in [-0.05, 0) is 62.5 Å². The van der Waals surface area contributed by atoms with Gasteiger partial charge in [0.05, 0.1) is 5.56 Å². The number of nitrogens with zero attached hydrogens (tertiary/aromatic N) is 2. The normalized spacial score (nSPS) is 18.6. The monoisotopic (exact) mass is 450 g/mol.